The molecule has 1 unspecified atom stereocenters. The minimum atomic E-state index is -1.50. The van der Waals surface area contributed by atoms with Crippen LogP contribution in [0.25, 0.3) is 0 Å². The molecule has 122 valence electrons. The Balaban J connectivity index is 1.77. The predicted molar refractivity (Wildman–Crippen MR) is 75.5 cm³/mol. The lowest BCUT2D eigenvalue weighted by molar-refractivity contribution is -0.129. The summed E-state index contributed by atoms with van der Waals surface area (Å²) >= 11 is 0. The first-order chi connectivity index (χ1) is 11.0. The van der Waals surface area contributed by atoms with Gasteiger partial charge in [-0.15, -0.1) is 0 Å². The van der Waals surface area contributed by atoms with Crippen molar-refractivity contribution in [2.24, 2.45) is 5.73 Å². The molecule has 2 aromatic rings. The molecule has 0 saturated carbocycles. The topological polar surface area (TPSA) is 64.2 Å². The van der Waals surface area contributed by atoms with E-state index in [4.69, 9.17) is 5.73 Å². The van der Waals surface area contributed by atoms with E-state index in [-0.39, 0.29) is 30.5 Å². The molecule has 1 aliphatic rings. The van der Waals surface area contributed by atoms with Crippen LogP contribution < -0.4 is 5.73 Å². The van der Waals surface area contributed by atoms with Gasteiger partial charge in [0.05, 0.1) is 18.7 Å². The van der Waals surface area contributed by atoms with Crippen LogP contribution in [-0.2, 0) is 18.0 Å². The van der Waals surface area contributed by atoms with E-state index < -0.39 is 17.5 Å². The molecule has 0 spiro atoms. The number of imidazole rings is 1. The number of amides is 1. The van der Waals surface area contributed by atoms with Crippen LogP contribution in [0.5, 0.6) is 0 Å². The van der Waals surface area contributed by atoms with Gasteiger partial charge < -0.3 is 15.2 Å². The molecule has 0 aliphatic carbocycles. The van der Waals surface area contributed by atoms with Crippen LogP contribution >= 0.6 is 0 Å². The summed E-state index contributed by atoms with van der Waals surface area (Å²) in [4.78, 5) is 17.7. The van der Waals surface area contributed by atoms with Crippen molar-refractivity contribution in [1.82, 2.24) is 14.5 Å². The van der Waals surface area contributed by atoms with Gasteiger partial charge in [-0.25, -0.2) is 18.2 Å². The number of carbonyl (C=O) groups is 1. The normalized spacial score (nSPS) is 18.0. The molecule has 5 nitrogen and oxygen atoms in total. The lowest BCUT2D eigenvalue weighted by Crippen LogP contribution is -2.28. The van der Waals surface area contributed by atoms with E-state index in [2.05, 4.69) is 4.98 Å². The van der Waals surface area contributed by atoms with E-state index in [0.29, 0.717) is 13.1 Å². The predicted octanol–water partition coefficient (Wildman–Crippen LogP) is 1.73. The Kier molecular flexibility index (Phi) is 4.08. The third kappa shape index (κ3) is 2.94. The average molecular weight is 324 g/mol. The van der Waals surface area contributed by atoms with Crippen molar-refractivity contribution in [1.29, 1.82) is 0 Å². The number of aromatic nitrogens is 2. The van der Waals surface area contributed by atoms with Crippen molar-refractivity contribution in [2.75, 3.05) is 6.54 Å². The highest BCUT2D eigenvalue weighted by Crippen LogP contribution is 2.30. The summed E-state index contributed by atoms with van der Waals surface area (Å²) in [6.45, 7) is 0.861. The summed E-state index contributed by atoms with van der Waals surface area (Å²) in [7, 11) is 0. The summed E-state index contributed by atoms with van der Waals surface area (Å²) in [6.07, 6.45) is 3.31. The molecule has 2 N–H and O–H groups in total. The van der Waals surface area contributed by atoms with Gasteiger partial charge in [0.1, 0.15) is 0 Å². The summed E-state index contributed by atoms with van der Waals surface area (Å²) < 4.78 is 41.5. The largest absolute Gasteiger partial charge is 0.325 e. The van der Waals surface area contributed by atoms with Crippen molar-refractivity contribution in [3.63, 3.8) is 0 Å². The quantitative estimate of drug-likeness (QED) is 0.871. The second-order valence-electron chi connectivity index (χ2n) is 5.52. The van der Waals surface area contributed by atoms with Gasteiger partial charge in [0.15, 0.2) is 17.5 Å². The molecule has 1 aromatic heterocycles. The first-order valence-corrected chi connectivity index (χ1v) is 7.11. The fourth-order valence-electron chi connectivity index (χ4n) is 2.77. The number of rotatable bonds is 4. The fraction of sp³-hybridized carbons (Fsp3) is 0.333. The van der Waals surface area contributed by atoms with E-state index in [1.165, 1.54) is 0 Å². The Labute approximate surface area is 130 Å². The van der Waals surface area contributed by atoms with Crippen LogP contribution in [0.15, 0.2) is 24.7 Å². The number of carbonyl (C=O) groups excluding carboxylic acids is 1. The third-order valence-corrected chi connectivity index (χ3v) is 4.02. The first-order valence-electron chi connectivity index (χ1n) is 7.11. The first kappa shape index (κ1) is 15.5. The second kappa shape index (κ2) is 6.04. The Morgan fingerprint density at radius 2 is 1.96 bits per heavy atom. The van der Waals surface area contributed by atoms with Crippen LogP contribution in [0.1, 0.15) is 23.6 Å². The maximum Gasteiger partial charge on any atom is 0.224 e. The third-order valence-electron chi connectivity index (χ3n) is 4.02. The Hall–Kier alpha value is -2.35. The molecule has 23 heavy (non-hydrogen) atoms. The van der Waals surface area contributed by atoms with Crippen molar-refractivity contribution in [2.45, 2.75) is 25.6 Å². The van der Waals surface area contributed by atoms with E-state index in [9.17, 15) is 18.0 Å². The maximum atomic E-state index is 13.4. The van der Waals surface area contributed by atoms with Crippen LogP contribution in [0.4, 0.5) is 13.2 Å². The van der Waals surface area contributed by atoms with Gasteiger partial charge in [0, 0.05) is 31.6 Å². The minimum Gasteiger partial charge on any atom is -0.325 e. The molecule has 0 radical (unpaired) electrons. The van der Waals surface area contributed by atoms with Crippen molar-refractivity contribution < 1.29 is 18.0 Å². The number of halogens is 3. The smallest absolute Gasteiger partial charge is 0.224 e. The zero-order chi connectivity index (χ0) is 16.6. The summed E-state index contributed by atoms with van der Waals surface area (Å²) in [5.74, 6) is -4.51. The number of likely N-dealkylation sites (tertiary alicyclic amines) is 1. The van der Waals surface area contributed by atoms with E-state index >= 15 is 0 Å². The molecule has 1 fully saturated rings. The molecule has 8 heteroatoms. The number of nitrogens with two attached hydrogens (primary N) is 1. The summed E-state index contributed by atoms with van der Waals surface area (Å²) in [5.41, 5.74) is 6.64. The molecule has 3 rings (SSSR count). The fourth-order valence-corrected chi connectivity index (χ4v) is 2.77. The molecule has 1 atom stereocenters. The van der Waals surface area contributed by atoms with Gasteiger partial charge in [0.2, 0.25) is 5.91 Å². The summed E-state index contributed by atoms with van der Waals surface area (Å²) in [5, 5.41) is 0. The van der Waals surface area contributed by atoms with Gasteiger partial charge in [0.25, 0.3) is 0 Å². The van der Waals surface area contributed by atoms with Gasteiger partial charge in [-0.2, -0.15) is 0 Å². The maximum absolute atomic E-state index is 13.4. The van der Waals surface area contributed by atoms with Crippen LogP contribution in [0.3, 0.4) is 0 Å². The van der Waals surface area contributed by atoms with Gasteiger partial charge in [-0.1, -0.05) is 0 Å². The molecular formula is C15H15F3N4O. The van der Waals surface area contributed by atoms with Crippen molar-refractivity contribution >= 4 is 5.91 Å². The lowest BCUT2D eigenvalue weighted by Gasteiger charge is -2.19. The Morgan fingerprint density at radius 1 is 1.26 bits per heavy atom. The molecule has 2 heterocycles. The zero-order valence-electron chi connectivity index (χ0n) is 12.2. The standard InChI is InChI=1S/C15H15F3N4O/c16-12-1-9(2-13(17)15(12)18)10-3-14(23)21(6-10)8-22-7-20-5-11(22)4-19/h1-2,5,7,10H,3-4,6,8,19H2. The molecular weight excluding hydrogens is 309 g/mol. The Morgan fingerprint density at radius 3 is 2.61 bits per heavy atom. The number of hydrogen-bond donors (Lipinski definition) is 1. The number of hydrogen-bond acceptors (Lipinski definition) is 3. The lowest BCUT2D eigenvalue weighted by atomic mass is 9.98. The van der Waals surface area contributed by atoms with E-state index in [1.807, 2.05) is 0 Å². The molecule has 1 amide bonds. The van der Waals surface area contributed by atoms with Crippen LogP contribution in [-0.4, -0.2) is 26.9 Å². The zero-order valence-corrected chi connectivity index (χ0v) is 12.2. The van der Waals surface area contributed by atoms with E-state index in [1.54, 1.807) is 22.0 Å². The van der Waals surface area contributed by atoms with Gasteiger partial charge >= 0.3 is 0 Å². The molecule has 1 aliphatic heterocycles. The van der Waals surface area contributed by atoms with Gasteiger partial charge in [-0.3, -0.25) is 4.79 Å². The SMILES string of the molecule is NCc1cncn1CN1CC(c2cc(F)c(F)c(F)c2)CC1=O. The highest BCUT2D eigenvalue weighted by Gasteiger charge is 2.32. The Bertz CT molecular complexity index is 723. The molecule has 0 bridgehead atoms. The summed E-state index contributed by atoms with van der Waals surface area (Å²) in [6, 6.07) is 1.89. The number of nitrogens with zero attached hydrogens (tertiary/aromatic N) is 3. The monoisotopic (exact) mass is 324 g/mol. The van der Waals surface area contributed by atoms with Crippen molar-refractivity contribution in [3.8, 4) is 0 Å². The van der Waals surface area contributed by atoms with E-state index in [0.717, 1.165) is 17.8 Å². The highest BCUT2D eigenvalue weighted by molar-refractivity contribution is 5.79. The second-order valence-corrected chi connectivity index (χ2v) is 5.52. The highest BCUT2D eigenvalue weighted by atomic mass is 19.2. The molecule has 1 saturated heterocycles. The average Bonchev–Trinajstić information content (AvgIpc) is 3.11. The van der Waals surface area contributed by atoms with Crippen LogP contribution in [0.2, 0.25) is 0 Å². The molecule has 1 aromatic carbocycles. The van der Waals surface area contributed by atoms with Crippen LogP contribution in [0, 0.1) is 17.5 Å². The van der Waals surface area contributed by atoms with Gasteiger partial charge in [-0.05, 0) is 17.7 Å². The minimum absolute atomic E-state index is 0.122. The number of benzene rings is 1. The van der Waals surface area contributed by atoms with Crippen molar-refractivity contribution in [3.05, 3.63) is 53.4 Å².